The minimum atomic E-state index is -0.620. The number of halogens is 2. The van der Waals surface area contributed by atoms with Crippen LogP contribution in [0.3, 0.4) is 0 Å². The first-order valence-electron chi connectivity index (χ1n) is 8.10. The zero-order valence-corrected chi connectivity index (χ0v) is 14.4. The van der Waals surface area contributed by atoms with Gasteiger partial charge in [0.2, 0.25) is 5.91 Å². The van der Waals surface area contributed by atoms with Gasteiger partial charge in [0.25, 0.3) is 0 Å². The molecule has 0 radical (unpaired) electrons. The zero-order valence-electron chi connectivity index (χ0n) is 14.4. The lowest BCUT2D eigenvalue weighted by molar-refractivity contribution is -0.121. The summed E-state index contributed by atoms with van der Waals surface area (Å²) in [6.07, 6.45) is 0.771. The predicted octanol–water partition coefficient (Wildman–Crippen LogP) is 2.90. The van der Waals surface area contributed by atoms with Crippen molar-refractivity contribution >= 4 is 11.6 Å². The van der Waals surface area contributed by atoms with Crippen LogP contribution in [0.4, 0.5) is 14.5 Å². The van der Waals surface area contributed by atoms with E-state index in [1.54, 1.807) is 25.1 Å². The summed E-state index contributed by atoms with van der Waals surface area (Å²) in [6.45, 7) is 0.119. The fourth-order valence-electron chi connectivity index (χ4n) is 2.68. The van der Waals surface area contributed by atoms with Gasteiger partial charge in [-0.2, -0.15) is 0 Å². The Labute approximate surface area is 146 Å². The van der Waals surface area contributed by atoms with Crippen LogP contribution in [0.15, 0.2) is 42.5 Å². The molecule has 0 aromatic heterocycles. The minimum Gasteiger partial charge on any atom is -0.399 e. The van der Waals surface area contributed by atoms with Crippen LogP contribution in [-0.2, 0) is 11.2 Å². The Morgan fingerprint density at radius 3 is 2.36 bits per heavy atom. The van der Waals surface area contributed by atoms with Gasteiger partial charge < -0.3 is 16.0 Å². The molecule has 0 fully saturated rings. The summed E-state index contributed by atoms with van der Waals surface area (Å²) >= 11 is 0. The van der Waals surface area contributed by atoms with E-state index in [1.165, 1.54) is 18.2 Å². The second-order valence-corrected chi connectivity index (χ2v) is 6.12. The van der Waals surface area contributed by atoms with E-state index in [9.17, 15) is 13.6 Å². The number of hydrogen-bond acceptors (Lipinski definition) is 3. The summed E-state index contributed by atoms with van der Waals surface area (Å²) in [5.74, 6) is -1.43. The van der Waals surface area contributed by atoms with Crippen molar-refractivity contribution in [2.75, 3.05) is 26.4 Å². The first kappa shape index (κ1) is 18.9. The third-order valence-electron chi connectivity index (χ3n) is 4.13. The SMILES string of the molecule is CN(C)C(CNC(=O)CCc1ccccc1N)c1c(F)cccc1F. The van der Waals surface area contributed by atoms with Crippen molar-refractivity contribution in [3.8, 4) is 0 Å². The predicted molar refractivity (Wildman–Crippen MR) is 95.0 cm³/mol. The van der Waals surface area contributed by atoms with E-state index >= 15 is 0 Å². The number of nitrogens with one attached hydrogen (secondary N) is 1. The zero-order chi connectivity index (χ0) is 18.4. The molecule has 0 aliphatic rings. The summed E-state index contributed by atoms with van der Waals surface area (Å²) in [5, 5.41) is 2.75. The third kappa shape index (κ3) is 5.00. The minimum absolute atomic E-state index is 0.0416. The Hall–Kier alpha value is -2.47. The van der Waals surface area contributed by atoms with Crippen LogP contribution in [0.2, 0.25) is 0 Å². The molecule has 2 aromatic carbocycles. The normalized spacial score (nSPS) is 12.2. The highest BCUT2D eigenvalue weighted by atomic mass is 19.1. The molecule has 0 saturated carbocycles. The number of likely N-dealkylation sites (N-methyl/N-ethyl adjacent to an activating group) is 1. The number of amides is 1. The fourth-order valence-corrected chi connectivity index (χ4v) is 2.68. The maximum Gasteiger partial charge on any atom is 0.220 e. The number of hydrogen-bond donors (Lipinski definition) is 2. The molecule has 0 aliphatic heterocycles. The lowest BCUT2D eigenvalue weighted by Crippen LogP contribution is -2.35. The van der Waals surface area contributed by atoms with Crippen molar-refractivity contribution in [2.45, 2.75) is 18.9 Å². The van der Waals surface area contributed by atoms with Gasteiger partial charge in [-0.25, -0.2) is 8.78 Å². The van der Waals surface area contributed by atoms with Crippen LogP contribution in [-0.4, -0.2) is 31.4 Å². The van der Waals surface area contributed by atoms with Crippen LogP contribution in [0.5, 0.6) is 0 Å². The largest absolute Gasteiger partial charge is 0.399 e. The number of carbonyl (C=O) groups is 1. The molecule has 134 valence electrons. The molecule has 2 aromatic rings. The molecule has 6 heteroatoms. The number of benzene rings is 2. The molecule has 3 N–H and O–H groups in total. The van der Waals surface area contributed by atoms with Gasteiger partial charge in [0.1, 0.15) is 11.6 Å². The van der Waals surface area contributed by atoms with Crippen molar-refractivity contribution in [1.82, 2.24) is 10.2 Å². The second-order valence-electron chi connectivity index (χ2n) is 6.12. The molecular formula is C19H23F2N3O. The van der Waals surface area contributed by atoms with Crippen molar-refractivity contribution in [1.29, 1.82) is 0 Å². The molecule has 1 amide bonds. The quantitative estimate of drug-likeness (QED) is 0.757. The van der Waals surface area contributed by atoms with Crippen molar-refractivity contribution in [2.24, 2.45) is 0 Å². The maximum atomic E-state index is 14.0. The number of aryl methyl sites for hydroxylation is 1. The van der Waals surface area contributed by atoms with Gasteiger partial charge in [-0.1, -0.05) is 24.3 Å². The molecule has 1 atom stereocenters. The van der Waals surface area contributed by atoms with Gasteiger partial charge in [-0.3, -0.25) is 4.79 Å². The van der Waals surface area contributed by atoms with Crippen LogP contribution in [0.25, 0.3) is 0 Å². The van der Waals surface area contributed by atoms with Crippen LogP contribution >= 0.6 is 0 Å². The Kier molecular flexibility index (Phi) is 6.47. The third-order valence-corrected chi connectivity index (χ3v) is 4.13. The highest BCUT2D eigenvalue weighted by Gasteiger charge is 2.22. The number of para-hydroxylation sites is 1. The summed E-state index contributed by atoms with van der Waals surface area (Å²) in [7, 11) is 3.43. The molecule has 0 spiro atoms. The molecule has 4 nitrogen and oxygen atoms in total. The van der Waals surface area contributed by atoms with Crippen LogP contribution in [0, 0.1) is 11.6 Å². The number of nitrogens with zero attached hydrogens (tertiary/aromatic N) is 1. The Morgan fingerprint density at radius 2 is 1.76 bits per heavy atom. The van der Waals surface area contributed by atoms with E-state index in [2.05, 4.69) is 5.32 Å². The highest BCUT2D eigenvalue weighted by molar-refractivity contribution is 5.76. The number of rotatable bonds is 7. The van der Waals surface area contributed by atoms with Crippen molar-refractivity contribution in [3.63, 3.8) is 0 Å². The Bertz CT molecular complexity index is 714. The summed E-state index contributed by atoms with van der Waals surface area (Å²) in [5.41, 5.74) is 7.37. The molecule has 0 saturated heterocycles. The molecule has 0 bridgehead atoms. The average Bonchev–Trinajstić information content (AvgIpc) is 2.56. The van der Waals surface area contributed by atoms with Gasteiger partial charge in [0.05, 0.1) is 6.04 Å². The standard InChI is InChI=1S/C19H23F2N3O/c1-24(2)17(19-14(20)7-5-8-15(19)21)12-23-18(25)11-10-13-6-3-4-9-16(13)22/h3-9,17H,10-12,22H2,1-2H3,(H,23,25). The van der Waals surface area contributed by atoms with Gasteiger partial charge in [0, 0.05) is 24.2 Å². The molecular weight excluding hydrogens is 324 g/mol. The first-order valence-corrected chi connectivity index (χ1v) is 8.10. The fraction of sp³-hybridized carbons (Fsp3) is 0.316. The van der Waals surface area contributed by atoms with Crippen LogP contribution in [0.1, 0.15) is 23.6 Å². The van der Waals surface area contributed by atoms with Gasteiger partial charge in [0.15, 0.2) is 0 Å². The second kappa shape index (κ2) is 8.58. The maximum absolute atomic E-state index is 14.0. The Balaban J connectivity index is 1.97. The summed E-state index contributed by atoms with van der Waals surface area (Å²) in [4.78, 5) is 13.8. The summed E-state index contributed by atoms with van der Waals surface area (Å²) < 4.78 is 28.0. The smallest absolute Gasteiger partial charge is 0.220 e. The van der Waals surface area contributed by atoms with Crippen molar-refractivity contribution < 1.29 is 13.6 Å². The average molecular weight is 347 g/mol. The van der Waals surface area contributed by atoms with Crippen LogP contribution < -0.4 is 11.1 Å². The van der Waals surface area contributed by atoms with E-state index in [0.29, 0.717) is 12.1 Å². The molecule has 0 heterocycles. The van der Waals surface area contributed by atoms with E-state index in [1.807, 2.05) is 18.2 Å². The summed E-state index contributed by atoms with van der Waals surface area (Å²) in [6, 6.07) is 10.5. The van der Waals surface area contributed by atoms with Gasteiger partial charge >= 0.3 is 0 Å². The first-order chi connectivity index (χ1) is 11.9. The van der Waals surface area contributed by atoms with Gasteiger partial charge in [-0.15, -0.1) is 0 Å². The number of carbonyl (C=O) groups excluding carboxylic acids is 1. The van der Waals surface area contributed by atoms with Crippen molar-refractivity contribution in [3.05, 3.63) is 65.2 Å². The number of anilines is 1. The lowest BCUT2D eigenvalue weighted by atomic mass is 10.0. The van der Waals surface area contributed by atoms with Gasteiger partial charge in [-0.05, 0) is 44.3 Å². The number of nitrogens with two attached hydrogens (primary N) is 1. The number of nitrogen functional groups attached to an aromatic ring is 1. The highest BCUT2D eigenvalue weighted by Crippen LogP contribution is 2.24. The Morgan fingerprint density at radius 1 is 1.12 bits per heavy atom. The topological polar surface area (TPSA) is 58.4 Å². The molecule has 2 rings (SSSR count). The van der Waals surface area contributed by atoms with E-state index in [4.69, 9.17) is 5.73 Å². The lowest BCUT2D eigenvalue weighted by Gasteiger charge is -2.25. The van der Waals surface area contributed by atoms with E-state index in [-0.39, 0.29) is 24.4 Å². The van der Waals surface area contributed by atoms with E-state index < -0.39 is 17.7 Å². The molecule has 25 heavy (non-hydrogen) atoms. The molecule has 1 unspecified atom stereocenters. The van der Waals surface area contributed by atoms with E-state index in [0.717, 1.165) is 5.56 Å². The molecule has 0 aliphatic carbocycles. The monoisotopic (exact) mass is 347 g/mol.